The first-order valence-electron chi connectivity index (χ1n) is 10.9. The van der Waals surface area contributed by atoms with Gasteiger partial charge in [-0.25, -0.2) is 0 Å². The molecule has 0 spiro atoms. The lowest BCUT2D eigenvalue weighted by Gasteiger charge is -2.24. The lowest BCUT2D eigenvalue weighted by atomic mass is 10.0. The van der Waals surface area contributed by atoms with Crippen LogP contribution in [0.4, 0.5) is 5.69 Å². The molecule has 7 nitrogen and oxygen atoms in total. The molecular weight excluding hydrogens is 382 g/mol. The van der Waals surface area contributed by atoms with Crippen molar-refractivity contribution in [3.05, 3.63) is 24.3 Å². The van der Waals surface area contributed by atoms with Crippen molar-refractivity contribution >= 4 is 23.4 Å². The summed E-state index contributed by atoms with van der Waals surface area (Å²) >= 11 is 0. The molecule has 1 aromatic carbocycles. The molecular formula is C23H33N3O4. The molecule has 3 rings (SSSR count). The van der Waals surface area contributed by atoms with E-state index in [0.717, 1.165) is 31.4 Å². The summed E-state index contributed by atoms with van der Waals surface area (Å²) in [5.74, 6) is 0.0895. The lowest BCUT2D eigenvalue weighted by molar-refractivity contribution is -0.132. The molecule has 2 N–H and O–H groups in total. The van der Waals surface area contributed by atoms with E-state index in [9.17, 15) is 14.4 Å². The van der Waals surface area contributed by atoms with Crippen LogP contribution in [0.15, 0.2) is 24.3 Å². The van der Waals surface area contributed by atoms with Crippen LogP contribution in [0.5, 0.6) is 5.75 Å². The molecule has 0 radical (unpaired) electrons. The Bertz CT molecular complexity index is 756. The third-order valence-electron chi connectivity index (χ3n) is 5.92. The number of methoxy groups -OCH3 is 1. The van der Waals surface area contributed by atoms with E-state index >= 15 is 0 Å². The van der Waals surface area contributed by atoms with Crippen molar-refractivity contribution in [2.45, 2.75) is 64.5 Å². The van der Waals surface area contributed by atoms with Gasteiger partial charge < -0.3 is 20.3 Å². The fourth-order valence-corrected chi connectivity index (χ4v) is 4.26. The summed E-state index contributed by atoms with van der Waals surface area (Å²) < 4.78 is 5.16. The van der Waals surface area contributed by atoms with E-state index in [1.807, 2.05) is 26.0 Å². The number of hydrogen-bond donors (Lipinski definition) is 2. The fraction of sp³-hybridized carbons (Fsp3) is 0.609. The summed E-state index contributed by atoms with van der Waals surface area (Å²) in [7, 11) is 1.59. The first-order chi connectivity index (χ1) is 14.4. The van der Waals surface area contributed by atoms with Gasteiger partial charge in [-0.15, -0.1) is 0 Å². The molecule has 1 saturated carbocycles. The molecule has 2 aliphatic rings. The molecule has 1 heterocycles. The van der Waals surface area contributed by atoms with Gasteiger partial charge in [0.15, 0.2) is 0 Å². The SMILES string of the molecule is COc1ccc(N2C[C@@H](C(=O)N[C@@H](CC(C)C)C(=O)NC3CCCC3)CC2=O)cc1. The largest absolute Gasteiger partial charge is 0.497 e. The van der Waals surface area contributed by atoms with Crippen LogP contribution < -0.4 is 20.3 Å². The number of amides is 3. The number of nitrogens with one attached hydrogen (secondary N) is 2. The molecule has 0 unspecified atom stereocenters. The van der Waals surface area contributed by atoms with Crippen molar-refractivity contribution in [2.24, 2.45) is 11.8 Å². The average Bonchev–Trinajstić information content (AvgIpc) is 3.36. The van der Waals surface area contributed by atoms with Crippen molar-refractivity contribution in [1.29, 1.82) is 0 Å². The van der Waals surface area contributed by atoms with Gasteiger partial charge >= 0.3 is 0 Å². The molecule has 7 heteroatoms. The summed E-state index contributed by atoms with van der Waals surface area (Å²) in [4.78, 5) is 39.8. The summed E-state index contributed by atoms with van der Waals surface area (Å²) in [6.07, 6.45) is 5.00. The maximum atomic E-state index is 12.9. The maximum absolute atomic E-state index is 12.9. The quantitative estimate of drug-likeness (QED) is 0.683. The number of nitrogens with zero attached hydrogens (tertiary/aromatic N) is 1. The highest BCUT2D eigenvalue weighted by Gasteiger charge is 2.37. The van der Waals surface area contributed by atoms with Gasteiger partial charge in [-0.2, -0.15) is 0 Å². The zero-order valence-corrected chi connectivity index (χ0v) is 18.1. The van der Waals surface area contributed by atoms with Crippen LogP contribution in [-0.4, -0.2) is 43.5 Å². The maximum Gasteiger partial charge on any atom is 0.242 e. The first-order valence-corrected chi connectivity index (χ1v) is 10.9. The molecule has 0 aromatic heterocycles. The average molecular weight is 416 g/mol. The molecule has 164 valence electrons. The number of hydrogen-bond acceptors (Lipinski definition) is 4. The molecule has 2 fully saturated rings. The van der Waals surface area contributed by atoms with Gasteiger partial charge in [-0.1, -0.05) is 26.7 Å². The predicted octanol–water partition coefficient (Wildman–Crippen LogP) is 2.64. The highest BCUT2D eigenvalue weighted by Crippen LogP contribution is 2.27. The Balaban J connectivity index is 1.61. The predicted molar refractivity (Wildman–Crippen MR) is 115 cm³/mol. The van der Waals surface area contributed by atoms with Crippen LogP contribution in [0.1, 0.15) is 52.4 Å². The Morgan fingerprint density at radius 1 is 1.17 bits per heavy atom. The van der Waals surface area contributed by atoms with E-state index in [-0.39, 0.29) is 36.1 Å². The van der Waals surface area contributed by atoms with Crippen LogP contribution in [0.25, 0.3) is 0 Å². The molecule has 0 bridgehead atoms. The van der Waals surface area contributed by atoms with Crippen molar-refractivity contribution in [3.8, 4) is 5.75 Å². The second-order valence-corrected chi connectivity index (χ2v) is 8.78. The van der Waals surface area contributed by atoms with Crippen LogP contribution in [-0.2, 0) is 14.4 Å². The standard InChI is InChI=1S/C23H33N3O4/c1-15(2)12-20(23(29)24-17-6-4-5-7-17)25-22(28)16-13-21(27)26(14-16)18-8-10-19(30-3)11-9-18/h8-11,15-17,20H,4-7,12-14H2,1-3H3,(H,24,29)(H,25,28)/t16-,20-/m0/s1. The number of anilines is 1. The first kappa shape index (κ1) is 22.1. The van der Waals surface area contributed by atoms with Gasteiger partial charge in [0.1, 0.15) is 11.8 Å². The van der Waals surface area contributed by atoms with Gasteiger partial charge in [0.2, 0.25) is 17.7 Å². The van der Waals surface area contributed by atoms with Crippen LogP contribution >= 0.6 is 0 Å². The molecule has 2 atom stereocenters. The van der Waals surface area contributed by atoms with E-state index in [0.29, 0.717) is 18.7 Å². The third kappa shape index (κ3) is 5.52. The molecule has 1 aliphatic carbocycles. The van der Waals surface area contributed by atoms with E-state index in [1.54, 1.807) is 24.1 Å². The Labute approximate surface area is 178 Å². The second kappa shape index (κ2) is 9.96. The molecule has 3 amide bonds. The smallest absolute Gasteiger partial charge is 0.242 e. The zero-order chi connectivity index (χ0) is 21.7. The molecule has 1 saturated heterocycles. The summed E-state index contributed by atoms with van der Waals surface area (Å²) in [5.41, 5.74) is 0.744. The monoisotopic (exact) mass is 415 g/mol. The van der Waals surface area contributed by atoms with Crippen molar-refractivity contribution in [3.63, 3.8) is 0 Å². The van der Waals surface area contributed by atoms with Crippen LogP contribution in [0, 0.1) is 11.8 Å². The third-order valence-corrected chi connectivity index (χ3v) is 5.92. The van der Waals surface area contributed by atoms with Crippen molar-refractivity contribution in [1.82, 2.24) is 10.6 Å². The summed E-state index contributed by atoms with van der Waals surface area (Å²) in [5, 5.41) is 6.02. The van der Waals surface area contributed by atoms with Gasteiger partial charge in [0.25, 0.3) is 0 Å². The molecule has 1 aliphatic heterocycles. The number of rotatable bonds is 8. The second-order valence-electron chi connectivity index (χ2n) is 8.78. The highest BCUT2D eigenvalue weighted by molar-refractivity contribution is 6.01. The van der Waals surface area contributed by atoms with Crippen molar-refractivity contribution in [2.75, 3.05) is 18.6 Å². The Kier molecular flexibility index (Phi) is 7.34. The van der Waals surface area contributed by atoms with E-state index in [4.69, 9.17) is 4.74 Å². The van der Waals surface area contributed by atoms with Gasteiger partial charge in [0, 0.05) is 24.7 Å². The lowest BCUT2D eigenvalue weighted by Crippen LogP contribution is -2.51. The Morgan fingerprint density at radius 2 is 1.83 bits per heavy atom. The normalized spacial score (nSPS) is 20.5. The van der Waals surface area contributed by atoms with E-state index in [1.165, 1.54) is 0 Å². The zero-order valence-electron chi connectivity index (χ0n) is 18.1. The van der Waals surface area contributed by atoms with Gasteiger partial charge in [-0.3, -0.25) is 14.4 Å². The van der Waals surface area contributed by atoms with E-state index in [2.05, 4.69) is 10.6 Å². The highest BCUT2D eigenvalue weighted by atomic mass is 16.5. The summed E-state index contributed by atoms with van der Waals surface area (Å²) in [6, 6.07) is 6.86. The summed E-state index contributed by atoms with van der Waals surface area (Å²) in [6.45, 7) is 4.38. The Morgan fingerprint density at radius 3 is 2.43 bits per heavy atom. The number of benzene rings is 1. The van der Waals surface area contributed by atoms with Crippen LogP contribution in [0.3, 0.4) is 0 Å². The number of ether oxygens (including phenoxy) is 1. The minimum Gasteiger partial charge on any atom is -0.497 e. The Hall–Kier alpha value is -2.57. The van der Waals surface area contributed by atoms with Gasteiger partial charge in [0.05, 0.1) is 13.0 Å². The molecule has 1 aromatic rings. The minimum atomic E-state index is -0.566. The minimum absolute atomic E-state index is 0.0869. The van der Waals surface area contributed by atoms with Gasteiger partial charge in [-0.05, 0) is 49.4 Å². The number of carbonyl (C=O) groups is 3. The van der Waals surface area contributed by atoms with Crippen molar-refractivity contribution < 1.29 is 19.1 Å². The van der Waals surface area contributed by atoms with Crippen LogP contribution in [0.2, 0.25) is 0 Å². The topological polar surface area (TPSA) is 87.7 Å². The van der Waals surface area contributed by atoms with E-state index < -0.39 is 12.0 Å². The molecule has 30 heavy (non-hydrogen) atoms. The fourth-order valence-electron chi connectivity index (χ4n) is 4.26. The number of carbonyl (C=O) groups excluding carboxylic acids is 3.